The van der Waals surface area contributed by atoms with Gasteiger partial charge in [-0.05, 0) is 34.8 Å². The minimum atomic E-state index is -0.239. The highest BCUT2D eigenvalue weighted by Crippen LogP contribution is 2.31. The highest BCUT2D eigenvalue weighted by molar-refractivity contribution is 9.10. The maximum Gasteiger partial charge on any atom is 0.221 e. The molecule has 0 aromatic heterocycles. The van der Waals surface area contributed by atoms with Crippen molar-refractivity contribution in [2.24, 2.45) is 0 Å². The lowest BCUT2D eigenvalue weighted by atomic mass is 10.0. The summed E-state index contributed by atoms with van der Waals surface area (Å²) in [5.74, 6) is -0.458. The predicted molar refractivity (Wildman–Crippen MR) is 82.1 cm³/mol. The molecule has 4 nitrogen and oxygen atoms in total. The molecule has 0 aliphatic carbocycles. The van der Waals surface area contributed by atoms with E-state index in [0.29, 0.717) is 16.6 Å². The van der Waals surface area contributed by atoms with E-state index in [4.69, 9.17) is 0 Å². The van der Waals surface area contributed by atoms with Gasteiger partial charge in [-0.15, -0.1) is 0 Å². The van der Waals surface area contributed by atoms with Crippen LogP contribution in [0.2, 0.25) is 0 Å². The number of anilines is 1. The second kappa shape index (κ2) is 7.65. The molecule has 1 amide bonds. The number of ketones is 1. The van der Waals surface area contributed by atoms with Crippen molar-refractivity contribution in [2.75, 3.05) is 10.6 Å². The smallest absolute Gasteiger partial charge is 0.221 e. The van der Waals surface area contributed by atoms with Crippen molar-refractivity contribution in [3.05, 3.63) is 22.2 Å². The van der Waals surface area contributed by atoms with E-state index in [9.17, 15) is 14.7 Å². The molecule has 0 aliphatic rings. The second-order valence-corrected chi connectivity index (χ2v) is 5.75. The lowest BCUT2D eigenvalue weighted by Crippen LogP contribution is -2.07. The second-order valence-electron chi connectivity index (χ2n) is 4.10. The van der Waals surface area contributed by atoms with E-state index in [1.807, 2.05) is 0 Å². The van der Waals surface area contributed by atoms with Gasteiger partial charge in [-0.25, -0.2) is 0 Å². The number of hydrogen-bond donors (Lipinski definition) is 2. The number of unbranched alkanes of at least 4 members (excludes halogenated alkanes) is 1. The molecule has 0 heterocycles. The fraction of sp³-hybridized carbons (Fsp3) is 0.385. The first-order valence-corrected chi connectivity index (χ1v) is 7.76. The van der Waals surface area contributed by atoms with Crippen molar-refractivity contribution in [3.8, 4) is 5.75 Å². The lowest BCUT2D eigenvalue weighted by molar-refractivity contribution is -0.114. The van der Waals surface area contributed by atoms with E-state index in [2.05, 4.69) is 37.2 Å². The van der Waals surface area contributed by atoms with Gasteiger partial charge in [-0.3, -0.25) is 9.59 Å². The Morgan fingerprint density at radius 1 is 1.32 bits per heavy atom. The Morgan fingerprint density at radius 2 is 2.00 bits per heavy atom. The summed E-state index contributed by atoms with van der Waals surface area (Å²) in [5.41, 5.74) is 0.720. The Balaban J connectivity index is 2.88. The summed E-state index contributed by atoms with van der Waals surface area (Å²) in [4.78, 5) is 22.9. The van der Waals surface area contributed by atoms with Crippen molar-refractivity contribution in [1.82, 2.24) is 0 Å². The van der Waals surface area contributed by atoms with Crippen LogP contribution in [-0.4, -0.2) is 22.1 Å². The van der Waals surface area contributed by atoms with Crippen LogP contribution in [0.4, 0.5) is 5.69 Å². The molecule has 2 N–H and O–H groups in total. The first-order valence-electron chi connectivity index (χ1n) is 5.85. The van der Waals surface area contributed by atoms with E-state index >= 15 is 0 Å². The molecule has 1 rings (SSSR count). The number of aromatic hydroxyl groups is 1. The van der Waals surface area contributed by atoms with Crippen LogP contribution in [0.25, 0.3) is 0 Å². The Bertz CT molecular complexity index is 489. The summed E-state index contributed by atoms with van der Waals surface area (Å²) < 4.78 is 0.573. The minimum absolute atomic E-state index is 0.103. The number of rotatable bonds is 6. The van der Waals surface area contributed by atoms with Crippen LogP contribution in [0.15, 0.2) is 16.6 Å². The molecule has 104 valence electrons. The summed E-state index contributed by atoms with van der Waals surface area (Å²) >= 11 is 6.58. The molecule has 0 saturated carbocycles. The van der Waals surface area contributed by atoms with E-state index in [0.717, 1.165) is 18.2 Å². The topological polar surface area (TPSA) is 66.4 Å². The maximum atomic E-state index is 11.9. The summed E-state index contributed by atoms with van der Waals surface area (Å²) in [6, 6.07) is 2.92. The number of carbonyl (C=O) groups is 2. The number of Topliss-reactive ketones (excluding diaryl/α,β-unsaturated/α-hetero) is 1. The Labute approximate surface area is 128 Å². The largest absolute Gasteiger partial charge is 0.507 e. The number of hydrogen-bond acceptors (Lipinski definition) is 3. The third-order valence-corrected chi connectivity index (χ3v) is 3.70. The molecular weight excluding hydrogens is 378 g/mol. The summed E-state index contributed by atoms with van der Waals surface area (Å²) in [6.45, 7) is 1.38. The third-order valence-electron chi connectivity index (χ3n) is 2.48. The standard InChI is InChI=1S/C13H15Br2NO3/c1-8(17)16-11-7-13(19)9(6-10(11)15)12(18)4-2-3-5-14/h6-7,19H,2-5H2,1H3,(H,16,17). The third kappa shape index (κ3) is 4.95. The molecular formula is C13H15Br2NO3. The molecule has 0 atom stereocenters. The zero-order chi connectivity index (χ0) is 14.4. The maximum absolute atomic E-state index is 11.9. The van der Waals surface area contributed by atoms with Crippen molar-refractivity contribution in [3.63, 3.8) is 0 Å². The fourth-order valence-electron chi connectivity index (χ4n) is 1.59. The monoisotopic (exact) mass is 391 g/mol. The van der Waals surface area contributed by atoms with Gasteiger partial charge in [0.1, 0.15) is 5.75 Å². The normalized spacial score (nSPS) is 10.3. The number of halogens is 2. The van der Waals surface area contributed by atoms with Crippen LogP contribution in [0.1, 0.15) is 36.5 Å². The van der Waals surface area contributed by atoms with Crippen molar-refractivity contribution < 1.29 is 14.7 Å². The molecule has 0 unspecified atom stereocenters. The summed E-state index contributed by atoms with van der Waals surface area (Å²) in [6.07, 6.45) is 2.08. The van der Waals surface area contributed by atoms with E-state index < -0.39 is 0 Å². The van der Waals surface area contributed by atoms with Gasteiger partial charge in [0.2, 0.25) is 5.91 Å². The average molecular weight is 393 g/mol. The number of amides is 1. The molecule has 0 fully saturated rings. The minimum Gasteiger partial charge on any atom is -0.507 e. The van der Waals surface area contributed by atoms with Crippen molar-refractivity contribution in [1.29, 1.82) is 0 Å². The Kier molecular flexibility index (Phi) is 6.51. The molecule has 0 saturated heterocycles. The van der Waals surface area contributed by atoms with Crippen LogP contribution in [-0.2, 0) is 4.79 Å². The highest BCUT2D eigenvalue weighted by atomic mass is 79.9. The van der Waals surface area contributed by atoms with Gasteiger partial charge in [0, 0.05) is 29.2 Å². The molecule has 0 spiro atoms. The summed E-state index contributed by atoms with van der Waals surface area (Å²) in [5, 5.41) is 13.3. The Morgan fingerprint density at radius 3 is 2.58 bits per heavy atom. The number of benzene rings is 1. The highest BCUT2D eigenvalue weighted by Gasteiger charge is 2.14. The first-order chi connectivity index (χ1) is 8.95. The molecule has 0 bridgehead atoms. The quantitative estimate of drug-likeness (QED) is 0.438. The van der Waals surface area contributed by atoms with Gasteiger partial charge < -0.3 is 10.4 Å². The number of phenols is 1. The van der Waals surface area contributed by atoms with E-state index in [-0.39, 0.29) is 23.0 Å². The molecule has 0 radical (unpaired) electrons. The zero-order valence-corrected chi connectivity index (χ0v) is 13.7. The van der Waals surface area contributed by atoms with Crippen LogP contribution < -0.4 is 5.32 Å². The lowest BCUT2D eigenvalue weighted by Gasteiger charge is -2.09. The van der Waals surface area contributed by atoms with Gasteiger partial charge in [0.05, 0.1) is 11.3 Å². The Hall–Kier alpha value is -0.880. The van der Waals surface area contributed by atoms with Crippen LogP contribution in [0, 0.1) is 0 Å². The van der Waals surface area contributed by atoms with Crippen LogP contribution >= 0.6 is 31.9 Å². The number of nitrogens with one attached hydrogen (secondary N) is 1. The van der Waals surface area contributed by atoms with Gasteiger partial charge in [0.25, 0.3) is 0 Å². The fourth-order valence-corrected chi connectivity index (χ4v) is 2.42. The number of alkyl halides is 1. The van der Waals surface area contributed by atoms with E-state index in [1.54, 1.807) is 0 Å². The number of phenolic OH excluding ortho intramolecular Hbond substituents is 1. The van der Waals surface area contributed by atoms with Crippen LogP contribution in [0.5, 0.6) is 5.75 Å². The van der Waals surface area contributed by atoms with Gasteiger partial charge in [-0.1, -0.05) is 15.9 Å². The number of carbonyl (C=O) groups excluding carboxylic acids is 2. The predicted octanol–water partition coefficient (Wildman–Crippen LogP) is 3.86. The van der Waals surface area contributed by atoms with Crippen LogP contribution in [0.3, 0.4) is 0 Å². The van der Waals surface area contributed by atoms with Gasteiger partial charge in [0.15, 0.2) is 5.78 Å². The first kappa shape index (κ1) is 16.2. The molecule has 6 heteroatoms. The zero-order valence-electron chi connectivity index (χ0n) is 10.5. The van der Waals surface area contributed by atoms with Crippen molar-refractivity contribution in [2.45, 2.75) is 26.2 Å². The van der Waals surface area contributed by atoms with Gasteiger partial charge in [-0.2, -0.15) is 0 Å². The van der Waals surface area contributed by atoms with Gasteiger partial charge >= 0.3 is 0 Å². The molecule has 19 heavy (non-hydrogen) atoms. The molecule has 1 aromatic carbocycles. The average Bonchev–Trinajstić information content (AvgIpc) is 2.33. The molecule has 1 aromatic rings. The SMILES string of the molecule is CC(=O)Nc1cc(O)c(C(=O)CCCCBr)cc1Br. The summed E-state index contributed by atoms with van der Waals surface area (Å²) in [7, 11) is 0. The molecule has 0 aliphatic heterocycles. The van der Waals surface area contributed by atoms with E-state index in [1.165, 1.54) is 19.1 Å². The van der Waals surface area contributed by atoms with Crippen molar-refractivity contribution >= 4 is 49.2 Å².